The van der Waals surface area contributed by atoms with Crippen molar-refractivity contribution in [1.29, 1.82) is 5.41 Å². The van der Waals surface area contributed by atoms with Crippen molar-refractivity contribution in [3.8, 4) is 0 Å². The van der Waals surface area contributed by atoms with Crippen LogP contribution in [0.5, 0.6) is 0 Å². The van der Waals surface area contributed by atoms with E-state index in [-0.39, 0.29) is 0 Å². The number of hydrogen-bond donors (Lipinski definition) is 2. The smallest absolute Gasteiger partial charge is 0.0395 e. The van der Waals surface area contributed by atoms with Gasteiger partial charge in [0.25, 0.3) is 0 Å². The largest absolute Gasteiger partial charge is 0.319 e. The van der Waals surface area contributed by atoms with Crippen LogP contribution >= 0.6 is 0 Å². The molecule has 1 aliphatic heterocycles. The van der Waals surface area contributed by atoms with Crippen LogP contribution in [0.3, 0.4) is 0 Å². The van der Waals surface area contributed by atoms with Crippen molar-refractivity contribution in [2.75, 3.05) is 13.6 Å². The monoisotopic (exact) mass is 263 g/mol. The van der Waals surface area contributed by atoms with E-state index in [0.717, 1.165) is 32.2 Å². The van der Waals surface area contributed by atoms with E-state index < -0.39 is 0 Å². The second-order valence-corrected chi connectivity index (χ2v) is 5.41. The van der Waals surface area contributed by atoms with Gasteiger partial charge in [-0.2, -0.15) is 0 Å². The maximum Gasteiger partial charge on any atom is 0.0395 e. The van der Waals surface area contributed by atoms with Crippen molar-refractivity contribution >= 4 is 12.4 Å². The van der Waals surface area contributed by atoms with Gasteiger partial charge in [0.1, 0.15) is 0 Å². The summed E-state index contributed by atoms with van der Waals surface area (Å²) in [6.45, 7) is 3.30. The number of nitrogens with zero attached hydrogens (tertiary/aromatic N) is 1. The lowest BCUT2D eigenvalue weighted by Gasteiger charge is -2.21. The lowest BCUT2D eigenvalue weighted by Crippen LogP contribution is -2.20. The minimum Gasteiger partial charge on any atom is -0.319 e. The molecule has 0 bridgehead atoms. The first-order valence-electron chi connectivity index (χ1n) is 7.68. The highest BCUT2D eigenvalue weighted by Crippen LogP contribution is 2.27. The lowest BCUT2D eigenvalue weighted by molar-refractivity contribution is 0.445. The van der Waals surface area contributed by atoms with Gasteiger partial charge in [-0.15, -0.1) is 0 Å². The number of nitrogens with one attached hydrogen (secondary N) is 2. The van der Waals surface area contributed by atoms with Crippen molar-refractivity contribution < 1.29 is 0 Å². The van der Waals surface area contributed by atoms with Gasteiger partial charge in [-0.05, 0) is 76.2 Å². The molecule has 0 saturated carbocycles. The third-order valence-corrected chi connectivity index (χ3v) is 3.72. The average molecular weight is 263 g/mol. The Labute approximate surface area is 118 Å². The van der Waals surface area contributed by atoms with Crippen molar-refractivity contribution in [3.05, 3.63) is 11.3 Å². The van der Waals surface area contributed by atoms with Gasteiger partial charge < -0.3 is 10.7 Å². The second-order valence-electron chi connectivity index (χ2n) is 5.41. The van der Waals surface area contributed by atoms with Crippen LogP contribution in [0.4, 0.5) is 0 Å². The molecule has 0 amide bonds. The van der Waals surface area contributed by atoms with Crippen LogP contribution in [0.25, 0.3) is 0 Å². The fraction of sp³-hybridized carbons (Fsp3) is 0.750. The summed E-state index contributed by atoms with van der Waals surface area (Å²) < 4.78 is 0. The summed E-state index contributed by atoms with van der Waals surface area (Å²) in [6.07, 6.45) is 12.7. The molecule has 3 heteroatoms. The highest BCUT2D eigenvalue weighted by atomic mass is 14.8. The normalized spacial score (nSPS) is 16.7. The highest BCUT2D eigenvalue weighted by Gasteiger charge is 2.15. The number of hydrogen-bond acceptors (Lipinski definition) is 3. The number of aliphatic imine (C=N–C) groups is 1. The first kappa shape index (κ1) is 16.1. The first-order valence-corrected chi connectivity index (χ1v) is 7.68. The van der Waals surface area contributed by atoms with E-state index in [1.807, 2.05) is 7.05 Å². The predicted octanol–water partition coefficient (Wildman–Crippen LogP) is 3.95. The third kappa shape index (κ3) is 6.15. The standard InChI is InChI=1S/C16H29N3/c1-3-7-15-9-6-11-19-16(15)12-14(13-18-2)8-4-5-10-17/h10-11,14,17-18H,3-9,12-13H2,1-2H3. The predicted molar refractivity (Wildman–Crippen MR) is 84.3 cm³/mol. The Morgan fingerprint density at radius 1 is 1.53 bits per heavy atom. The van der Waals surface area contributed by atoms with Crippen LogP contribution in [0.1, 0.15) is 58.3 Å². The van der Waals surface area contributed by atoms with E-state index in [1.54, 1.807) is 5.57 Å². The third-order valence-electron chi connectivity index (χ3n) is 3.72. The molecule has 1 heterocycles. The molecule has 108 valence electrons. The Kier molecular flexibility index (Phi) is 8.39. The van der Waals surface area contributed by atoms with Gasteiger partial charge in [-0.25, -0.2) is 0 Å². The molecule has 0 saturated heterocycles. The topological polar surface area (TPSA) is 48.2 Å². The lowest BCUT2D eigenvalue weighted by atomic mass is 9.91. The Morgan fingerprint density at radius 3 is 3.05 bits per heavy atom. The highest BCUT2D eigenvalue weighted by molar-refractivity contribution is 5.61. The van der Waals surface area contributed by atoms with Gasteiger partial charge in [0.15, 0.2) is 0 Å². The van der Waals surface area contributed by atoms with Gasteiger partial charge in [0.2, 0.25) is 0 Å². The molecule has 0 aromatic carbocycles. The Bertz CT molecular complexity index is 318. The first-order chi connectivity index (χ1) is 9.31. The van der Waals surface area contributed by atoms with E-state index in [2.05, 4.69) is 23.4 Å². The van der Waals surface area contributed by atoms with Crippen LogP contribution in [0.2, 0.25) is 0 Å². The maximum absolute atomic E-state index is 7.12. The molecule has 1 rings (SSSR count). The number of unbranched alkanes of at least 4 members (excludes halogenated alkanes) is 1. The molecule has 0 radical (unpaired) electrons. The molecule has 1 atom stereocenters. The summed E-state index contributed by atoms with van der Waals surface area (Å²) in [5, 5.41) is 10.4. The Hall–Kier alpha value is -0.960. The molecular weight excluding hydrogens is 234 g/mol. The average Bonchev–Trinajstić information content (AvgIpc) is 2.42. The van der Waals surface area contributed by atoms with Crippen LogP contribution < -0.4 is 5.32 Å². The SMILES string of the molecule is CCCC1=C(CC(CCCC=N)CNC)N=CCC1. The molecule has 0 aromatic heterocycles. The zero-order chi connectivity index (χ0) is 13.9. The minimum atomic E-state index is 0.655. The summed E-state index contributed by atoms with van der Waals surface area (Å²) in [4.78, 5) is 4.66. The van der Waals surface area contributed by atoms with E-state index >= 15 is 0 Å². The summed E-state index contributed by atoms with van der Waals surface area (Å²) in [7, 11) is 2.02. The van der Waals surface area contributed by atoms with Gasteiger partial charge in [-0.1, -0.05) is 13.3 Å². The zero-order valence-corrected chi connectivity index (χ0v) is 12.5. The molecular formula is C16H29N3. The number of rotatable bonds is 10. The van der Waals surface area contributed by atoms with Crippen LogP contribution in [0.15, 0.2) is 16.3 Å². The van der Waals surface area contributed by atoms with E-state index in [0.29, 0.717) is 5.92 Å². The van der Waals surface area contributed by atoms with Crippen LogP contribution in [-0.2, 0) is 0 Å². The summed E-state index contributed by atoms with van der Waals surface area (Å²) >= 11 is 0. The van der Waals surface area contributed by atoms with Gasteiger partial charge in [-0.3, -0.25) is 4.99 Å². The van der Waals surface area contributed by atoms with Gasteiger partial charge >= 0.3 is 0 Å². The van der Waals surface area contributed by atoms with Crippen molar-refractivity contribution in [3.63, 3.8) is 0 Å². The van der Waals surface area contributed by atoms with Crippen molar-refractivity contribution in [2.45, 2.75) is 58.3 Å². The molecule has 0 fully saturated rings. The summed E-state index contributed by atoms with van der Waals surface area (Å²) in [6, 6.07) is 0. The van der Waals surface area contributed by atoms with E-state index in [9.17, 15) is 0 Å². The van der Waals surface area contributed by atoms with Gasteiger partial charge in [0.05, 0.1) is 0 Å². The molecule has 0 aromatic rings. The summed E-state index contributed by atoms with van der Waals surface area (Å²) in [5.41, 5.74) is 2.93. The quantitative estimate of drug-likeness (QED) is 0.455. The van der Waals surface area contributed by atoms with Crippen LogP contribution in [0, 0.1) is 11.3 Å². The molecule has 2 N–H and O–H groups in total. The zero-order valence-electron chi connectivity index (χ0n) is 12.5. The minimum absolute atomic E-state index is 0.655. The molecule has 1 unspecified atom stereocenters. The van der Waals surface area contributed by atoms with E-state index in [4.69, 9.17) is 5.41 Å². The Balaban J connectivity index is 2.59. The fourth-order valence-electron chi connectivity index (χ4n) is 2.76. The Morgan fingerprint density at radius 2 is 2.37 bits per heavy atom. The van der Waals surface area contributed by atoms with Gasteiger partial charge in [0, 0.05) is 11.9 Å². The van der Waals surface area contributed by atoms with Crippen LogP contribution in [-0.4, -0.2) is 26.0 Å². The fourth-order valence-corrected chi connectivity index (χ4v) is 2.76. The molecule has 19 heavy (non-hydrogen) atoms. The van der Waals surface area contributed by atoms with Crippen molar-refractivity contribution in [1.82, 2.24) is 5.32 Å². The summed E-state index contributed by atoms with van der Waals surface area (Å²) in [5.74, 6) is 0.655. The molecule has 0 spiro atoms. The second kappa shape index (κ2) is 9.90. The number of allylic oxidation sites excluding steroid dienone is 2. The maximum atomic E-state index is 7.12. The molecule has 0 aliphatic carbocycles. The molecule has 1 aliphatic rings. The van der Waals surface area contributed by atoms with E-state index in [1.165, 1.54) is 37.6 Å². The van der Waals surface area contributed by atoms with Crippen molar-refractivity contribution in [2.24, 2.45) is 10.9 Å². The molecule has 3 nitrogen and oxygen atoms in total.